The maximum absolute atomic E-state index is 12.0. The number of rotatable bonds is 4. The molecule has 2 heterocycles. The Morgan fingerprint density at radius 1 is 1.53 bits per heavy atom. The van der Waals surface area contributed by atoms with E-state index in [4.69, 9.17) is 0 Å². The van der Waals surface area contributed by atoms with Crippen molar-refractivity contribution in [3.8, 4) is 0 Å². The molecular formula is C13H21N3O. The number of hydrogen-bond donors (Lipinski definition) is 2. The summed E-state index contributed by atoms with van der Waals surface area (Å²) in [7, 11) is 1.87. The van der Waals surface area contributed by atoms with Crippen LogP contribution in [0.3, 0.4) is 0 Å². The molecule has 17 heavy (non-hydrogen) atoms. The van der Waals surface area contributed by atoms with Crippen molar-refractivity contribution in [2.24, 2.45) is 0 Å². The summed E-state index contributed by atoms with van der Waals surface area (Å²) in [5, 5.41) is 3.41. The van der Waals surface area contributed by atoms with Gasteiger partial charge in [-0.15, -0.1) is 0 Å². The van der Waals surface area contributed by atoms with Gasteiger partial charge in [-0.2, -0.15) is 0 Å². The molecule has 1 aromatic rings. The van der Waals surface area contributed by atoms with Gasteiger partial charge in [0.05, 0.1) is 6.54 Å². The molecule has 1 aliphatic heterocycles. The van der Waals surface area contributed by atoms with E-state index >= 15 is 0 Å². The lowest BCUT2D eigenvalue weighted by atomic mass is 10.0. The first-order valence-electron chi connectivity index (χ1n) is 6.35. The summed E-state index contributed by atoms with van der Waals surface area (Å²) in [5.41, 5.74) is 1.08. The van der Waals surface area contributed by atoms with E-state index in [2.05, 4.69) is 10.3 Å². The third kappa shape index (κ3) is 3.60. The molecule has 1 amide bonds. The average molecular weight is 235 g/mol. The molecule has 94 valence electrons. The van der Waals surface area contributed by atoms with Crippen LogP contribution in [0.15, 0.2) is 18.3 Å². The molecule has 0 radical (unpaired) electrons. The smallest absolute Gasteiger partial charge is 0.224 e. The minimum absolute atomic E-state index is 0.221. The van der Waals surface area contributed by atoms with Crippen molar-refractivity contribution in [3.63, 3.8) is 0 Å². The fourth-order valence-corrected chi connectivity index (χ4v) is 2.27. The number of carbonyl (C=O) groups excluding carboxylic acids is 1. The van der Waals surface area contributed by atoms with E-state index in [0.717, 1.165) is 18.7 Å². The van der Waals surface area contributed by atoms with E-state index in [-0.39, 0.29) is 5.91 Å². The highest BCUT2D eigenvalue weighted by atomic mass is 16.2. The Bertz CT molecular complexity index is 342. The van der Waals surface area contributed by atoms with Gasteiger partial charge in [-0.05, 0) is 31.5 Å². The van der Waals surface area contributed by atoms with Crippen LogP contribution >= 0.6 is 0 Å². The quantitative estimate of drug-likeness (QED) is 0.831. The third-order valence-corrected chi connectivity index (χ3v) is 3.33. The Morgan fingerprint density at radius 2 is 2.41 bits per heavy atom. The van der Waals surface area contributed by atoms with Crippen LogP contribution in [0, 0.1) is 0 Å². The van der Waals surface area contributed by atoms with E-state index in [1.165, 1.54) is 12.8 Å². The molecule has 4 heteroatoms. The van der Waals surface area contributed by atoms with Crippen molar-refractivity contribution in [1.82, 2.24) is 15.2 Å². The molecule has 0 aliphatic carbocycles. The number of carbonyl (C=O) groups is 1. The number of hydrogen-bond acceptors (Lipinski definition) is 2. The lowest BCUT2D eigenvalue weighted by Crippen LogP contribution is -2.39. The van der Waals surface area contributed by atoms with Crippen molar-refractivity contribution >= 4 is 5.91 Å². The summed E-state index contributed by atoms with van der Waals surface area (Å²) in [5.74, 6) is 0.221. The second-order valence-corrected chi connectivity index (χ2v) is 4.80. The molecular weight excluding hydrogens is 214 g/mol. The fraction of sp³-hybridized carbons (Fsp3) is 0.615. The molecule has 1 unspecified atom stereocenters. The van der Waals surface area contributed by atoms with Gasteiger partial charge in [0.1, 0.15) is 0 Å². The van der Waals surface area contributed by atoms with Gasteiger partial charge < -0.3 is 15.2 Å². The first-order chi connectivity index (χ1) is 8.25. The maximum atomic E-state index is 12.0. The minimum Gasteiger partial charge on any atom is -0.364 e. The van der Waals surface area contributed by atoms with Gasteiger partial charge in [0.2, 0.25) is 5.91 Å². The zero-order chi connectivity index (χ0) is 12.1. The highest BCUT2D eigenvalue weighted by molar-refractivity contribution is 5.76. The van der Waals surface area contributed by atoms with Crippen LogP contribution in [0.25, 0.3) is 0 Å². The van der Waals surface area contributed by atoms with Gasteiger partial charge in [0.25, 0.3) is 0 Å². The minimum atomic E-state index is 0.221. The van der Waals surface area contributed by atoms with Crippen LogP contribution in [0.5, 0.6) is 0 Å². The maximum Gasteiger partial charge on any atom is 0.224 e. The Labute approximate surface area is 102 Å². The van der Waals surface area contributed by atoms with Crippen LogP contribution in [0.2, 0.25) is 0 Å². The largest absolute Gasteiger partial charge is 0.364 e. The second kappa shape index (κ2) is 5.87. The van der Waals surface area contributed by atoms with Crippen LogP contribution in [0.1, 0.15) is 31.4 Å². The second-order valence-electron chi connectivity index (χ2n) is 4.80. The lowest BCUT2D eigenvalue weighted by molar-refractivity contribution is -0.131. The standard InChI is InChI=1S/C13H21N3O/c1-16(10-12-6-4-8-15-12)13(17)9-11-5-2-3-7-14-11/h4,6,8,11,14-15H,2-3,5,7,9-10H2,1H3. The van der Waals surface area contributed by atoms with E-state index in [9.17, 15) is 4.79 Å². The molecule has 4 nitrogen and oxygen atoms in total. The van der Waals surface area contributed by atoms with Crippen molar-refractivity contribution in [2.45, 2.75) is 38.3 Å². The number of aromatic amines is 1. The molecule has 0 aromatic carbocycles. The van der Waals surface area contributed by atoms with Crippen LogP contribution in [-0.2, 0) is 11.3 Å². The molecule has 2 N–H and O–H groups in total. The van der Waals surface area contributed by atoms with Crippen LogP contribution < -0.4 is 5.32 Å². The predicted molar refractivity (Wildman–Crippen MR) is 67.5 cm³/mol. The van der Waals surface area contributed by atoms with Gasteiger partial charge in [-0.25, -0.2) is 0 Å². The van der Waals surface area contributed by atoms with E-state index in [1.807, 2.05) is 25.4 Å². The zero-order valence-corrected chi connectivity index (χ0v) is 10.4. The number of amides is 1. The Hall–Kier alpha value is -1.29. The first kappa shape index (κ1) is 12.2. The molecule has 2 rings (SSSR count). The fourth-order valence-electron chi connectivity index (χ4n) is 2.27. The molecule has 0 bridgehead atoms. The molecule has 1 fully saturated rings. The van der Waals surface area contributed by atoms with Crippen molar-refractivity contribution in [3.05, 3.63) is 24.0 Å². The number of aromatic nitrogens is 1. The van der Waals surface area contributed by atoms with Crippen LogP contribution in [-0.4, -0.2) is 35.4 Å². The molecule has 1 atom stereocenters. The Kier molecular flexibility index (Phi) is 4.20. The molecule has 1 aliphatic rings. The van der Waals surface area contributed by atoms with Gasteiger partial charge in [-0.3, -0.25) is 4.79 Å². The van der Waals surface area contributed by atoms with E-state index < -0.39 is 0 Å². The number of piperidine rings is 1. The highest BCUT2D eigenvalue weighted by Gasteiger charge is 2.18. The Morgan fingerprint density at radius 3 is 3.06 bits per heavy atom. The summed E-state index contributed by atoms with van der Waals surface area (Å²) in [6.07, 6.45) is 6.12. The van der Waals surface area contributed by atoms with Gasteiger partial charge >= 0.3 is 0 Å². The Balaban J connectivity index is 1.78. The summed E-state index contributed by atoms with van der Waals surface area (Å²) >= 11 is 0. The number of H-pyrrole nitrogens is 1. The van der Waals surface area contributed by atoms with Crippen molar-refractivity contribution < 1.29 is 4.79 Å². The van der Waals surface area contributed by atoms with Gasteiger partial charge in [0, 0.05) is 31.4 Å². The monoisotopic (exact) mass is 235 g/mol. The van der Waals surface area contributed by atoms with Crippen molar-refractivity contribution in [2.75, 3.05) is 13.6 Å². The molecule has 0 saturated carbocycles. The molecule has 1 aromatic heterocycles. The SMILES string of the molecule is CN(Cc1ccc[nH]1)C(=O)CC1CCCCN1. The molecule has 0 spiro atoms. The summed E-state index contributed by atoms with van der Waals surface area (Å²) < 4.78 is 0. The normalized spacial score (nSPS) is 20.2. The first-order valence-corrected chi connectivity index (χ1v) is 6.35. The summed E-state index contributed by atoms with van der Waals surface area (Å²) in [4.78, 5) is 16.9. The van der Waals surface area contributed by atoms with Crippen molar-refractivity contribution in [1.29, 1.82) is 0 Å². The van der Waals surface area contributed by atoms with Gasteiger partial charge in [0.15, 0.2) is 0 Å². The summed E-state index contributed by atoms with van der Waals surface area (Å²) in [6, 6.07) is 4.33. The van der Waals surface area contributed by atoms with Crippen LogP contribution in [0.4, 0.5) is 0 Å². The lowest BCUT2D eigenvalue weighted by Gasteiger charge is -2.25. The van der Waals surface area contributed by atoms with E-state index in [1.54, 1.807) is 4.90 Å². The topological polar surface area (TPSA) is 48.1 Å². The zero-order valence-electron chi connectivity index (χ0n) is 10.4. The molecule has 1 saturated heterocycles. The van der Waals surface area contributed by atoms with E-state index in [0.29, 0.717) is 19.0 Å². The third-order valence-electron chi connectivity index (χ3n) is 3.33. The predicted octanol–water partition coefficient (Wildman–Crippen LogP) is 1.51. The summed E-state index contributed by atoms with van der Waals surface area (Å²) in [6.45, 7) is 1.72. The number of nitrogens with zero attached hydrogens (tertiary/aromatic N) is 1. The average Bonchev–Trinajstić information content (AvgIpc) is 2.83. The highest BCUT2D eigenvalue weighted by Crippen LogP contribution is 2.12. The number of nitrogens with one attached hydrogen (secondary N) is 2. The van der Waals surface area contributed by atoms with Gasteiger partial charge in [-0.1, -0.05) is 6.42 Å².